The van der Waals surface area contributed by atoms with E-state index in [4.69, 9.17) is 11.6 Å². The van der Waals surface area contributed by atoms with Gasteiger partial charge in [-0.05, 0) is 40.2 Å². The Labute approximate surface area is 106 Å². The molecule has 0 radical (unpaired) electrons. The van der Waals surface area contributed by atoms with Crippen molar-refractivity contribution in [1.29, 1.82) is 0 Å². The molecule has 0 spiro atoms. The predicted octanol–water partition coefficient (Wildman–Crippen LogP) is 3.07. The highest BCUT2D eigenvalue weighted by molar-refractivity contribution is 9.10. The summed E-state index contributed by atoms with van der Waals surface area (Å²) in [5, 5.41) is 4.70. The first kappa shape index (κ1) is 11.4. The van der Waals surface area contributed by atoms with Crippen LogP contribution in [0.5, 0.6) is 0 Å². The van der Waals surface area contributed by atoms with E-state index in [1.54, 1.807) is 42.2 Å². The molecule has 0 aliphatic carbocycles. The fourth-order valence-corrected chi connectivity index (χ4v) is 2.03. The molecule has 1 heterocycles. The van der Waals surface area contributed by atoms with Crippen LogP contribution in [0.4, 0.5) is 0 Å². The normalized spacial score (nSPS) is 10.4. The second kappa shape index (κ2) is 4.39. The monoisotopic (exact) mass is 298 g/mol. The zero-order valence-corrected chi connectivity index (χ0v) is 10.8. The molecule has 5 heteroatoms. The van der Waals surface area contributed by atoms with E-state index in [0.29, 0.717) is 20.8 Å². The van der Waals surface area contributed by atoms with Crippen LogP contribution >= 0.6 is 27.5 Å². The minimum Gasteiger partial charge on any atom is -0.287 e. The summed E-state index contributed by atoms with van der Waals surface area (Å²) in [6.07, 6.45) is 1.74. The number of aromatic nitrogens is 2. The molecule has 0 bridgehead atoms. The summed E-state index contributed by atoms with van der Waals surface area (Å²) in [5.41, 5.74) is 0.980. The number of ketones is 1. The summed E-state index contributed by atoms with van der Waals surface area (Å²) >= 11 is 9.06. The molecule has 0 aliphatic heterocycles. The highest BCUT2D eigenvalue weighted by atomic mass is 79.9. The van der Waals surface area contributed by atoms with E-state index >= 15 is 0 Å². The molecule has 0 amide bonds. The van der Waals surface area contributed by atoms with Crippen LogP contribution in [0.25, 0.3) is 0 Å². The van der Waals surface area contributed by atoms with E-state index in [9.17, 15) is 4.79 Å². The Bertz CT molecular complexity index is 533. The van der Waals surface area contributed by atoms with Crippen molar-refractivity contribution in [2.75, 3.05) is 0 Å². The van der Waals surface area contributed by atoms with Gasteiger partial charge in [0.25, 0.3) is 0 Å². The van der Waals surface area contributed by atoms with Gasteiger partial charge in [-0.2, -0.15) is 5.10 Å². The molecular weight excluding hydrogens is 291 g/mol. The first-order valence-electron chi connectivity index (χ1n) is 4.57. The summed E-state index contributed by atoms with van der Waals surface area (Å²) in [4.78, 5) is 12.0. The van der Waals surface area contributed by atoms with E-state index in [1.165, 1.54) is 0 Å². The Morgan fingerprint density at radius 3 is 2.50 bits per heavy atom. The summed E-state index contributed by atoms with van der Waals surface area (Å²) in [5.74, 6) is -0.121. The van der Waals surface area contributed by atoms with Crippen molar-refractivity contribution in [2.45, 2.75) is 0 Å². The van der Waals surface area contributed by atoms with Gasteiger partial charge in [0.2, 0.25) is 5.78 Å². The number of rotatable bonds is 2. The zero-order valence-electron chi connectivity index (χ0n) is 8.45. The lowest BCUT2D eigenvalue weighted by Gasteiger charge is -1.98. The van der Waals surface area contributed by atoms with Crippen LogP contribution < -0.4 is 0 Å². The lowest BCUT2D eigenvalue weighted by Crippen LogP contribution is -2.03. The molecule has 1 aromatic carbocycles. The van der Waals surface area contributed by atoms with Gasteiger partial charge in [-0.15, -0.1) is 0 Å². The molecule has 0 unspecified atom stereocenters. The minimum absolute atomic E-state index is 0.121. The molecule has 0 saturated carbocycles. The van der Waals surface area contributed by atoms with Gasteiger partial charge in [0.05, 0.1) is 4.47 Å². The van der Waals surface area contributed by atoms with Crippen molar-refractivity contribution in [2.24, 2.45) is 7.05 Å². The van der Waals surface area contributed by atoms with Crippen LogP contribution in [0.1, 0.15) is 16.1 Å². The summed E-state index contributed by atoms with van der Waals surface area (Å²) in [6, 6.07) is 6.74. The van der Waals surface area contributed by atoms with Crippen molar-refractivity contribution in [3.8, 4) is 0 Å². The maximum atomic E-state index is 12.0. The van der Waals surface area contributed by atoms with Crippen LogP contribution in [-0.4, -0.2) is 15.6 Å². The lowest BCUT2D eigenvalue weighted by atomic mass is 10.1. The smallest absolute Gasteiger partial charge is 0.214 e. The summed E-state index contributed by atoms with van der Waals surface area (Å²) < 4.78 is 2.28. The van der Waals surface area contributed by atoms with Gasteiger partial charge in [0.1, 0.15) is 5.69 Å². The molecule has 2 rings (SSSR count). The topological polar surface area (TPSA) is 34.9 Å². The molecule has 16 heavy (non-hydrogen) atoms. The molecule has 82 valence electrons. The van der Waals surface area contributed by atoms with Crippen molar-refractivity contribution >= 4 is 33.3 Å². The number of carbonyl (C=O) groups is 1. The minimum atomic E-state index is -0.121. The van der Waals surface area contributed by atoms with E-state index in [2.05, 4.69) is 21.0 Å². The number of hydrogen-bond acceptors (Lipinski definition) is 2. The Balaban J connectivity index is 2.39. The number of halogens is 2. The average Bonchev–Trinajstić information content (AvgIpc) is 2.58. The fourth-order valence-electron chi connectivity index (χ4n) is 1.35. The molecule has 2 aromatic rings. The predicted molar refractivity (Wildman–Crippen MR) is 65.8 cm³/mol. The molecule has 0 fully saturated rings. The number of benzene rings is 1. The first-order chi connectivity index (χ1) is 7.58. The van der Waals surface area contributed by atoms with Crippen LogP contribution in [-0.2, 0) is 7.05 Å². The molecule has 0 aliphatic rings. The molecule has 3 nitrogen and oxygen atoms in total. The fraction of sp³-hybridized carbons (Fsp3) is 0.0909. The van der Waals surface area contributed by atoms with Crippen molar-refractivity contribution < 1.29 is 4.79 Å². The van der Waals surface area contributed by atoms with Gasteiger partial charge in [-0.1, -0.05) is 11.6 Å². The van der Waals surface area contributed by atoms with E-state index in [-0.39, 0.29) is 5.78 Å². The molecule has 0 atom stereocenters. The third-order valence-corrected chi connectivity index (χ3v) is 2.94. The first-order valence-corrected chi connectivity index (χ1v) is 5.74. The maximum Gasteiger partial charge on any atom is 0.214 e. The number of aryl methyl sites for hydroxylation is 1. The Morgan fingerprint density at radius 2 is 2.00 bits per heavy atom. The van der Waals surface area contributed by atoms with Crippen LogP contribution in [0, 0.1) is 0 Å². The third-order valence-electron chi connectivity index (χ3n) is 2.11. The van der Waals surface area contributed by atoms with E-state index < -0.39 is 0 Å². The van der Waals surface area contributed by atoms with Crippen molar-refractivity contribution in [3.63, 3.8) is 0 Å². The van der Waals surface area contributed by atoms with Crippen LogP contribution in [0.2, 0.25) is 5.02 Å². The quantitative estimate of drug-likeness (QED) is 0.799. The van der Waals surface area contributed by atoms with Crippen molar-refractivity contribution in [3.05, 3.63) is 51.2 Å². The Kier molecular flexibility index (Phi) is 3.12. The highest BCUT2D eigenvalue weighted by Crippen LogP contribution is 2.19. The molecular formula is C11H8BrClN2O. The van der Waals surface area contributed by atoms with Crippen LogP contribution in [0.3, 0.4) is 0 Å². The second-order valence-corrected chi connectivity index (χ2v) is 4.63. The summed E-state index contributed by atoms with van der Waals surface area (Å²) in [6.45, 7) is 0. The molecule has 1 aromatic heterocycles. The molecule has 0 saturated heterocycles. The van der Waals surface area contributed by atoms with Crippen molar-refractivity contribution in [1.82, 2.24) is 9.78 Å². The third kappa shape index (κ3) is 2.18. The van der Waals surface area contributed by atoms with E-state index in [0.717, 1.165) is 0 Å². The zero-order chi connectivity index (χ0) is 11.7. The largest absolute Gasteiger partial charge is 0.287 e. The van der Waals surface area contributed by atoms with Crippen LogP contribution in [0.15, 0.2) is 34.9 Å². The van der Waals surface area contributed by atoms with Gasteiger partial charge in [-0.3, -0.25) is 9.48 Å². The number of carbonyl (C=O) groups excluding carboxylic acids is 1. The van der Waals surface area contributed by atoms with Gasteiger partial charge >= 0.3 is 0 Å². The van der Waals surface area contributed by atoms with E-state index in [1.807, 2.05) is 0 Å². The second-order valence-electron chi connectivity index (χ2n) is 3.34. The number of nitrogens with zero attached hydrogens (tertiary/aromatic N) is 2. The average molecular weight is 300 g/mol. The van der Waals surface area contributed by atoms with Gasteiger partial charge in [-0.25, -0.2) is 0 Å². The lowest BCUT2D eigenvalue weighted by molar-refractivity contribution is 0.103. The van der Waals surface area contributed by atoms with Gasteiger partial charge < -0.3 is 0 Å². The Morgan fingerprint density at radius 1 is 1.38 bits per heavy atom. The Hall–Kier alpha value is -1.13. The van der Waals surface area contributed by atoms with Gasteiger partial charge in [0, 0.05) is 23.8 Å². The summed E-state index contributed by atoms with van der Waals surface area (Å²) in [7, 11) is 1.77. The SMILES string of the molecule is Cn1cc(Br)c(C(=O)c2ccc(Cl)cc2)n1. The maximum absolute atomic E-state index is 12.0. The standard InChI is InChI=1S/C11H8BrClN2O/c1-15-6-9(12)10(14-15)11(16)7-2-4-8(13)5-3-7/h2-6H,1H3. The number of hydrogen-bond donors (Lipinski definition) is 0. The van der Waals surface area contributed by atoms with Gasteiger partial charge in [0.15, 0.2) is 0 Å². The molecule has 0 N–H and O–H groups in total. The highest BCUT2D eigenvalue weighted by Gasteiger charge is 2.16.